The lowest BCUT2D eigenvalue weighted by Gasteiger charge is -2.28. The molecular weight excluding hydrogens is 392 g/mol. The highest BCUT2D eigenvalue weighted by atomic mass is 32.2. The predicted molar refractivity (Wildman–Crippen MR) is 116 cm³/mol. The van der Waals surface area contributed by atoms with Crippen molar-refractivity contribution in [2.45, 2.75) is 31.1 Å². The third kappa shape index (κ3) is 4.22. The Labute approximate surface area is 173 Å². The topological polar surface area (TPSA) is 77.0 Å². The van der Waals surface area contributed by atoms with E-state index < -0.39 is 0 Å². The summed E-state index contributed by atoms with van der Waals surface area (Å²) in [4.78, 5) is 15.8. The van der Waals surface area contributed by atoms with E-state index in [-0.39, 0.29) is 0 Å². The molecule has 1 aliphatic rings. The summed E-state index contributed by atoms with van der Waals surface area (Å²) in [5.41, 5.74) is 4.05. The Hall–Kier alpha value is -2.33. The van der Waals surface area contributed by atoms with Crippen LogP contribution in [0, 0.1) is 0 Å². The Bertz CT molecular complexity index is 1010. The van der Waals surface area contributed by atoms with Crippen molar-refractivity contribution in [2.75, 3.05) is 17.4 Å². The molecule has 0 radical (unpaired) electrons. The van der Waals surface area contributed by atoms with Crippen molar-refractivity contribution in [2.24, 2.45) is 19.1 Å². The summed E-state index contributed by atoms with van der Waals surface area (Å²) < 4.78 is 3.48. The largest absolute Gasteiger partial charge is 0.283 e. The molecule has 0 spiro atoms. The SMILES string of the molecule is CSc1nc(/N=C(C)/C=C2/C=C(C)C=C(C)N2c2nc(SC)nn2C)n(C)n1. The molecule has 0 unspecified atom stereocenters. The van der Waals surface area contributed by atoms with E-state index in [1.807, 2.05) is 39.6 Å². The van der Waals surface area contributed by atoms with E-state index in [0.29, 0.717) is 11.1 Å². The second kappa shape index (κ2) is 8.36. The second-order valence-corrected chi connectivity index (χ2v) is 7.92. The van der Waals surface area contributed by atoms with Gasteiger partial charge in [0.1, 0.15) is 0 Å². The molecule has 0 aromatic carbocycles. The Kier molecular flexibility index (Phi) is 6.09. The molecule has 2 aromatic rings. The van der Waals surface area contributed by atoms with Crippen molar-refractivity contribution in [3.8, 4) is 0 Å². The number of nitrogens with zero attached hydrogens (tertiary/aromatic N) is 8. The minimum Gasteiger partial charge on any atom is -0.283 e. The Morgan fingerprint density at radius 1 is 1.00 bits per heavy atom. The van der Waals surface area contributed by atoms with E-state index in [1.54, 1.807) is 9.36 Å². The Morgan fingerprint density at radius 2 is 1.64 bits per heavy atom. The molecule has 3 rings (SSSR count). The summed E-state index contributed by atoms with van der Waals surface area (Å²) in [5, 5.41) is 10.2. The van der Waals surface area contributed by atoms with Crippen LogP contribution in [0.2, 0.25) is 0 Å². The molecule has 0 amide bonds. The van der Waals surface area contributed by atoms with Gasteiger partial charge < -0.3 is 0 Å². The van der Waals surface area contributed by atoms with Crippen LogP contribution in [-0.2, 0) is 14.1 Å². The monoisotopic (exact) mass is 416 g/mol. The maximum absolute atomic E-state index is 4.66. The normalized spacial score (nSPS) is 16.6. The van der Waals surface area contributed by atoms with Crippen LogP contribution in [0.3, 0.4) is 0 Å². The molecule has 148 valence electrons. The van der Waals surface area contributed by atoms with Gasteiger partial charge in [-0.05, 0) is 57.1 Å². The summed E-state index contributed by atoms with van der Waals surface area (Å²) in [6.45, 7) is 6.11. The third-order valence-corrected chi connectivity index (χ3v) is 5.14. The lowest BCUT2D eigenvalue weighted by Crippen LogP contribution is -2.25. The zero-order chi connectivity index (χ0) is 20.4. The fourth-order valence-corrected chi connectivity index (χ4v) is 3.65. The molecule has 0 atom stereocenters. The van der Waals surface area contributed by atoms with E-state index in [4.69, 9.17) is 0 Å². The van der Waals surface area contributed by atoms with Gasteiger partial charge in [-0.2, -0.15) is 9.97 Å². The van der Waals surface area contributed by atoms with Crippen LogP contribution < -0.4 is 4.90 Å². The number of hydrogen-bond acceptors (Lipinski definition) is 8. The fourth-order valence-electron chi connectivity index (χ4n) is 2.89. The van der Waals surface area contributed by atoms with Gasteiger partial charge in [0.25, 0.3) is 0 Å². The van der Waals surface area contributed by atoms with Crippen LogP contribution in [0.5, 0.6) is 0 Å². The highest BCUT2D eigenvalue weighted by Gasteiger charge is 2.22. The molecule has 0 aliphatic carbocycles. The lowest BCUT2D eigenvalue weighted by molar-refractivity contribution is 0.730. The minimum atomic E-state index is 0.581. The van der Waals surface area contributed by atoms with E-state index in [9.17, 15) is 0 Å². The van der Waals surface area contributed by atoms with Gasteiger partial charge in [-0.1, -0.05) is 23.5 Å². The average molecular weight is 417 g/mol. The van der Waals surface area contributed by atoms with Crippen molar-refractivity contribution in [3.63, 3.8) is 0 Å². The molecule has 28 heavy (non-hydrogen) atoms. The second-order valence-electron chi connectivity index (χ2n) is 6.38. The molecule has 0 N–H and O–H groups in total. The number of aromatic nitrogens is 6. The summed E-state index contributed by atoms with van der Waals surface area (Å²) in [6, 6.07) is 0. The fraction of sp³-hybridized carbons (Fsp3) is 0.389. The van der Waals surface area contributed by atoms with Crippen LogP contribution in [0.1, 0.15) is 20.8 Å². The van der Waals surface area contributed by atoms with E-state index in [0.717, 1.165) is 28.2 Å². The van der Waals surface area contributed by atoms with Gasteiger partial charge in [-0.3, -0.25) is 4.90 Å². The lowest BCUT2D eigenvalue weighted by atomic mass is 10.1. The number of rotatable bonds is 5. The number of allylic oxidation sites excluding steroid dienone is 5. The van der Waals surface area contributed by atoms with Gasteiger partial charge in [0, 0.05) is 25.5 Å². The predicted octanol–water partition coefficient (Wildman–Crippen LogP) is 3.73. The first-order chi connectivity index (χ1) is 13.3. The van der Waals surface area contributed by atoms with E-state index in [1.165, 1.54) is 29.1 Å². The number of anilines is 1. The van der Waals surface area contributed by atoms with Crippen LogP contribution >= 0.6 is 23.5 Å². The van der Waals surface area contributed by atoms with Gasteiger partial charge in [-0.15, -0.1) is 10.2 Å². The molecule has 0 saturated carbocycles. The first kappa shape index (κ1) is 20.4. The van der Waals surface area contributed by atoms with Crippen LogP contribution in [-0.4, -0.2) is 47.8 Å². The Morgan fingerprint density at radius 3 is 2.25 bits per heavy atom. The number of aryl methyl sites for hydroxylation is 2. The Balaban J connectivity index is 2.02. The highest BCUT2D eigenvalue weighted by Crippen LogP contribution is 2.29. The van der Waals surface area contributed by atoms with Gasteiger partial charge in [-0.25, -0.2) is 14.4 Å². The molecule has 0 saturated heterocycles. The van der Waals surface area contributed by atoms with Crippen LogP contribution in [0.4, 0.5) is 11.9 Å². The average Bonchev–Trinajstić information content (AvgIpc) is 3.17. The van der Waals surface area contributed by atoms with Crippen LogP contribution in [0.25, 0.3) is 0 Å². The number of aliphatic imine (C=N–C) groups is 1. The van der Waals surface area contributed by atoms with Crippen molar-refractivity contribution in [1.29, 1.82) is 0 Å². The minimum absolute atomic E-state index is 0.581. The van der Waals surface area contributed by atoms with E-state index in [2.05, 4.69) is 56.1 Å². The van der Waals surface area contributed by atoms with Crippen LogP contribution in [0.15, 0.2) is 50.5 Å². The van der Waals surface area contributed by atoms with Crippen molar-refractivity contribution < 1.29 is 0 Å². The standard InChI is InChI=1S/C18H24N8S2/c1-11-8-13(3)26(18-21-17(28-7)23-25(18)5)14(9-11)10-12(2)19-15-20-16(27-6)22-24(15)4/h8-10H,1-7H3/b14-10-,19-12+. The van der Waals surface area contributed by atoms with Gasteiger partial charge in [0.2, 0.25) is 22.2 Å². The molecule has 0 fully saturated rings. The zero-order valence-electron chi connectivity index (χ0n) is 17.1. The van der Waals surface area contributed by atoms with Gasteiger partial charge in [0.15, 0.2) is 0 Å². The molecular formula is C18H24N8S2. The summed E-state index contributed by atoms with van der Waals surface area (Å²) in [5.74, 6) is 1.35. The molecule has 8 nitrogen and oxygen atoms in total. The maximum Gasteiger partial charge on any atom is 0.248 e. The maximum atomic E-state index is 4.66. The molecule has 1 aliphatic heterocycles. The first-order valence-electron chi connectivity index (χ1n) is 8.66. The third-order valence-electron chi connectivity index (χ3n) is 4.06. The molecule has 3 heterocycles. The molecule has 2 aromatic heterocycles. The van der Waals surface area contributed by atoms with Gasteiger partial charge in [0.05, 0.1) is 5.70 Å². The highest BCUT2D eigenvalue weighted by molar-refractivity contribution is 7.98. The van der Waals surface area contributed by atoms with E-state index >= 15 is 0 Å². The molecule has 0 bridgehead atoms. The summed E-state index contributed by atoms with van der Waals surface area (Å²) in [6.07, 6.45) is 10.2. The number of hydrogen-bond donors (Lipinski definition) is 0. The number of thioether (sulfide) groups is 2. The molecule has 10 heteroatoms. The summed E-state index contributed by atoms with van der Waals surface area (Å²) >= 11 is 3.02. The van der Waals surface area contributed by atoms with Crippen molar-refractivity contribution in [3.05, 3.63) is 35.2 Å². The van der Waals surface area contributed by atoms with Crippen molar-refractivity contribution in [1.82, 2.24) is 29.5 Å². The first-order valence-corrected chi connectivity index (χ1v) is 11.1. The zero-order valence-corrected chi connectivity index (χ0v) is 18.8. The van der Waals surface area contributed by atoms with Crippen molar-refractivity contribution >= 4 is 41.1 Å². The smallest absolute Gasteiger partial charge is 0.248 e. The van der Waals surface area contributed by atoms with Gasteiger partial charge >= 0.3 is 0 Å². The quantitative estimate of drug-likeness (QED) is 0.543. The summed E-state index contributed by atoms with van der Waals surface area (Å²) in [7, 11) is 3.75.